The molecule has 0 aliphatic carbocycles. The molecule has 110 valence electrons. The van der Waals surface area contributed by atoms with E-state index >= 15 is 0 Å². The van der Waals surface area contributed by atoms with Gasteiger partial charge in [-0.2, -0.15) is 0 Å². The number of benzene rings is 1. The molecule has 2 amide bonds. The summed E-state index contributed by atoms with van der Waals surface area (Å²) in [5, 5.41) is 15.4. The van der Waals surface area contributed by atoms with Crippen LogP contribution in [0.3, 0.4) is 0 Å². The number of carbonyl (C=O) groups excluding carboxylic acids is 1. The van der Waals surface area contributed by atoms with E-state index in [1.54, 1.807) is 0 Å². The second kappa shape index (κ2) is 6.51. The highest BCUT2D eigenvalue weighted by molar-refractivity contribution is 7.09. The van der Waals surface area contributed by atoms with Gasteiger partial charge in [0.15, 0.2) is 5.69 Å². The third-order valence-corrected chi connectivity index (χ3v) is 3.50. The second-order valence-corrected chi connectivity index (χ2v) is 5.22. The number of carboxylic acid groups (broad SMARTS) is 1. The third-order valence-electron chi connectivity index (χ3n) is 2.35. The summed E-state index contributed by atoms with van der Waals surface area (Å²) in [6, 6.07) is 3.31. The molecule has 1 heterocycles. The van der Waals surface area contributed by atoms with Gasteiger partial charge < -0.3 is 15.7 Å². The quantitative estimate of drug-likeness (QED) is 0.804. The first-order chi connectivity index (χ1) is 9.95. The Bertz CT molecular complexity index is 692. The molecule has 0 fully saturated rings. The highest BCUT2D eigenvalue weighted by Crippen LogP contribution is 2.18. The van der Waals surface area contributed by atoms with Crippen molar-refractivity contribution in [1.29, 1.82) is 0 Å². The molecule has 1 aromatic carbocycles. The number of carboxylic acids is 1. The number of hydrogen-bond acceptors (Lipinski definition) is 4. The summed E-state index contributed by atoms with van der Waals surface area (Å²) in [4.78, 5) is 26.1. The predicted molar refractivity (Wildman–Crippen MR) is 76.3 cm³/mol. The van der Waals surface area contributed by atoms with Crippen LogP contribution in [0.15, 0.2) is 23.6 Å². The van der Waals surface area contributed by atoms with Gasteiger partial charge in [-0.1, -0.05) is 11.6 Å². The highest BCUT2D eigenvalue weighted by Gasteiger charge is 2.10. The van der Waals surface area contributed by atoms with Crippen molar-refractivity contribution in [2.24, 2.45) is 0 Å². The Kier molecular flexibility index (Phi) is 4.71. The number of carbonyl (C=O) groups is 2. The number of halogens is 2. The molecular formula is C12H9ClFN3O3S. The largest absolute Gasteiger partial charge is 0.476 e. The number of thiazole rings is 1. The van der Waals surface area contributed by atoms with Gasteiger partial charge in [-0.3, -0.25) is 0 Å². The van der Waals surface area contributed by atoms with E-state index in [0.717, 1.165) is 17.4 Å². The maximum absolute atomic E-state index is 13.2. The maximum atomic E-state index is 13.2. The molecule has 0 bridgehead atoms. The topological polar surface area (TPSA) is 91.3 Å². The number of hydrogen-bond donors (Lipinski definition) is 3. The fourth-order valence-electron chi connectivity index (χ4n) is 1.40. The van der Waals surface area contributed by atoms with Crippen LogP contribution >= 0.6 is 22.9 Å². The number of nitrogens with one attached hydrogen (secondary N) is 2. The van der Waals surface area contributed by atoms with Crippen molar-refractivity contribution in [2.45, 2.75) is 6.54 Å². The average molecular weight is 330 g/mol. The summed E-state index contributed by atoms with van der Waals surface area (Å²) in [5.41, 5.74) is 0.178. The van der Waals surface area contributed by atoms with Gasteiger partial charge in [0.25, 0.3) is 0 Å². The van der Waals surface area contributed by atoms with Crippen molar-refractivity contribution >= 4 is 40.6 Å². The van der Waals surface area contributed by atoms with Crippen molar-refractivity contribution in [3.8, 4) is 0 Å². The number of urea groups is 1. The molecule has 0 unspecified atom stereocenters. The van der Waals surface area contributed by atoms with E-state index in [-0.39, 0.29) is 22.9 Å². The first-order valence-electron chi connectivity index (χ1n) is 5.63. The van der Waals surface area contributed by atoms with Crippen LogP contribution in [-0.4, -0.2) is 22.1 Å². The molecule has 21 heavy (non-hydrogen) atoms. The minimum Gasteiger partial charge on any atom is -0.476 e. The standard InChI is InChI=1S/C12H9ClFN3O3S/c13-7-2-1-6(3-8(7)14)16-12(20)15-4-10-17-9(5-21-10)11(18)19/h1-3,5H,4H2,(H,18,19)(H2,15,16,20). The van der Waals surface area contributed by atoms with Crippen LogP contribution in [0.5, 0.6) is 0 Å². The molecule has 0 atom stereocenters. The summed E-state index contributed by atoms with van der Waals surface area (Å²) in [7, 11) is 0. The minimum absolute atomic E-state index is 0.0371. The van der Waals surface area contributed by atoms with E-state index in [1.807, 2.05) is 0 Å². The molecule has 6 nitrogen and oxygen atoms in total. The van der Waals surface area contributed by atoms with Crippen LogP contribution in [-0.2, 0) is 6.54 Å². The molecule has 0 saturated heterocycles. The second-order valence-electron chi connectivity index (χ2n) is 3.87. The number of amides is 2. The maximum Gasteiger partial charge on any atom is 0.355 e. The van der Waals surface area contributed by atoms with E-state index in [0.29, 0.717) is 5.01 Å². The summed E-state index contributed by atoms with van der Waals surface area (Å²) >= 11 is 6.65. The lowest BCUT2D eigenvalue weighted by atomic mass is 10.3. The van der Waals surface area contributed by atoms with Crippen LogP contribution in [0.4, 0.5) is 14.9 Å². The van der Waals surface area contributed by atoms with Crippen molar-refractivity contribution in [2.75, 3.05) is 5.32 Å². The van der Waals surface area contributed by atoms with Crippen molar-refractivity contribution < 1.29 is 19.1 Å². The molecule has 0 radical (unpaired) electrons. The van der Waals surface area contributed by atoms with Gasteiger partial charge in [0.05, 0.1) is 11.6 Å². The van der Waals surface area contributed by atoms with Crippen LogP contribution in [0.25, 0.3) is 0 Å². The van der Waals surface area contributed by atoms with Crippen LogP contribution in [0, 0.1) is 5.82 Å². The van der Waals surface area contributed by atoms with Crippen molar-refractivity contribution in [3.63, 3.8) is 0 Å². The van der Waals surface area contributed by atoms with Gasteiger partial charge in [0, 0.05) is 11.1 Å². The van der Waals surface area contributed by atoms with Crippen molar-refractivity contribution in [1.82, 2.24) is 10.3 Å². The van der Waals surface area contributed by atoms with Gasteiger partial charge in [-0.25, -0.2) is 19.0 Å². The summed E-state index contributed by atoms with van der Waals surface area (Å²) in [6.45, 7) is 0.0693. The van der Waals surface area contributed by atoms with Gasteiger partial charge in [0.2, 0.25) is 0 Å². The van der Waals surface area contributed by atoms with Crippen LogP contribution in [0.1, 0.15) is 15.5 Å². The molecular weight excluding hydrogens is 321 g/mol. The highest BCUT2D eigenvalue weighted by atomic mass is 35.5. The molecule has 1 aromatic heterocycles. The first kappa shape index (κ1) is 15.2. The fraction of sp³-hybridized carbons (Fsp3) is 0.0833. The lowest BCUT2D eigenvalue weighted by Crippen LogP contribution is -2.28. The number of aromatic nitrogens is 1. The molecule has 3 N–H and O–H groups in total. The normalized spacial score (nSPS) is 10.2. The SMILES string of the molecule is O=C(NCc1nc(C(=O)O)cs1)Nc1ccc(Cl)c(F)c1. The van der Waals surface area contributed by atoms with E-state index in [2.05, 4.69) is 15.6 Å². The molecule has 2 aromatic rings. The zero-order valence-corrected chi connectivity index (χ0v) is 12.0. The van der Waals surface area contributed by atoms with E-state index < -0.39 is 17.8 Å². The summed E-state index contributed by atoms with van der Waals surface area (Å²) in [5.74, 6) is -1.76. The molecule has 0 aliphatic rings. The van der Waals surface area contributed by atoms with Gasteiger partial charge in [-0.15, -0.1) is 11.3 Å². The predicted octanol–water partition coefficient (Wildman–Crippen LogP) is 2.96. The Morgan fingerprint density at radius 2 is 2.19 bits per heavy atom. The molecule has 9 heteroatoms. The van der Waals surface area contributed by atoms with Gasteiger partial charge in [-0.05, 0) is 18.2 Å². The first-order valence-corrected chi connectivity index (χ1v) is 6.89. The molecule has 0 saturated carbocycles. The zero-order chi connectivity index (χ0) is 15.4. The summed E-state index contributed by atoms with van der Waals surface area (Å²) < 4.78 is 13.2. The van der Waals surface area contributed by atoms with E-state index in [4.69, 9.17) is 16.7 Å². The fourth-order valence-corrected chi connectivity index (χ4v) is 2.22. The average Bonchev–Trinajstić information content (AvgIpc) is 2.90. The molecule has 2 rings (SSSR count). The number of aromatic carboxylic acids is 1. The number of rotatable bonds is 4. The monoisotopic (exact) mass is 329 g/mol. The van der Waals surface area contributed by atoms with Crippen LogP contribution in [0.2, 0.25) is 5.02 Å². The Morgan fingerprint density at radius 1 is 1.43 bits per heavy atom. The Morgan fingerprint density at radius 3 is 2.81 bits per heavy atom. The van der Waals surface area contributed by atoms with Crippen molar-refractivity contribution in [3.05, 3.63) is 45.1 Å². The van der Waals surface area contributed by atoms with E-state index in [9.17, 15) is 14.0 Å². The van der Waals surface area contributed by atoms with E-state index in [1.165, 1.54) is 17.5 Å². The third kappa shape index (κ3) is 4.14. The molecule has 0 aliphatic heterocycles. The Hall–Kier alpha value is -2.19. The number of anilines is 1. The van der Waals surface area contributed by atoms with Crippen LogP contribution < -0.4 is 10.6 Å². The van der Waals surface area contributed by atoms with Gasteiger partial charge >= 0.3 is 12.0 Å². The molecule has 0 spiro atoms. The number of nitrogens with zero attached hydrogens (tertiary/aromatic N) is 1. The lowest BCUT2D eigenvalue weighted by Gasteiger charge is -2.06. The summed E-state index contributed by atoms with van der Waals surface area (Å²) in [6.07, 6.45) is 0. The lowest BCUT2D eigenvalue weighted by molar-refractivity contribution is 0.0691. The zero-order valence-electron chi connectivity index (χ0n) is 10.4. The Labute approximate surface area is 127 Å². The van der Waals surface area contributed by atoms with Gasteiger partial charge in [0.1, 0.15) is 10.8 Å². The minimum atomic E-state index is -1.13. The smallest absolute Gasteiger partial charge is 0.355 e. The Balaban J connectivity index is 1.89.